The summed E-state index contributed by atoms with van der Waals surface area (Å²) in [7, 11) is 0. The fourth-order valence-electron chi connectivity index (χ4n) is 5.50. The third kappa shape index (κ3) is 7.02. The Hall–Kier alpha value is -0.300. The lowest BCUT2D eigenvalue weighted by Gasteiger charge is -2.40. The number of ether oxygens (including phenoxy) is 1. The zero-order chi connectivity index (χ0) is 18.7. The zero-order valence-corrected chi connectivity index (χ0v) is 18.1. The fourth-order valence-corrected chi connectivity index (χ4v) is 5.50. The monoisotopic (exact) mass is 362 g/mol. The Morgan fingerprint density at radius 2 is 1.69 bits per heavy atom. The van der Waals surface area contributed by atoms with E-state index in [-0.39, 0.29) is 0 Å². The summed E-state index contributed by atoms with van der Waals surface area (Å²) in [5.41, 5.74) is 0.467. The summed E-state index contributed by atoms with van der Waals surface area (Å²) in [6.07, 6.45) is 26.3. The summed E-state index contributed by atoms with van der Waals surface area (Å²) in [5.74, 6) is 1.81. The molecule has 26 heavy (non-hydrogen) atoms. The normalized spacial score (nSPS) is 27.7. The summed E-state index contributed by atoms with van der Waals surface area (Å²) in [6.45, 7) is 7.96. The standard InChI is InChI=1S/C25H46O/c1-4-6-8-13-23-14-16-24(17-15-23)26-21-11-20-25(22(3)12-5-2)18-9-7-10-19-25/h11,20,22-24H,4-10,12-19,21H2,1-3H3/b20-11+. The number of hydrogen-bond acceptors (Lipinski definition) is 1. The number of hydrogen-bond donors (Lipinski definition) is 0. The average molecular weight is 363 g/mol. The van der Waals surface area contributed by atoms with Crippen LogP contribution in [-0.4, -0.2) is 12.7 Å². The Morgan fingerprint density at radius 3 is 2.35 bits per heavy atom. The summed E-state index contributed by atoms with van der Waals surface area (Å²) in [5, 5.41) is 0. The molecule has 0 aromatic carbocycles. The molecule has 2 fully saturated rings. The lowest BCUT2D eigenvalue weighted by atomic mass is 9.65. The molecule has 0 radical (unpaired) electrons. The molecule has 0 aromatic rings. The first-order valence-corrected chi connectivity index (χ1v) is 12.0. The van der Waals surface area contributed by atoms with Crippen LogP contribution in [0.1, 0.15) is 117 Å². The van der Waals surface area contributed by atoms with Crippen molar-refractivity contribution in [3.8, 4) is 0 Å². The van der Waals surface area contributed by atoms with Crippen molar-refractivity contribution < 1.29 is 4.74 Å². The molecule has 0 spiro atoms. The van der Waals surface area contributed by atoms with E-state index in [1.54, 1.807) is 0 Å². The van der Waals surface area contributed by atoms with Gasteiger partial charge < -0.3 is 4.74 Å². The van der Waals surface area contributed by atoms with Crippen LogP contribution in [0.5, 0.6) is 0 Å². The van der Waals surface area contributed by atoms with Crippen molar-refractivity contribution >= 4 is 0 Å². The topological polar surface area (TPSA) is 9.23 Å². The van der Waals surface area contributed by atoms with Crippen molar-refractivity contribution in [3.05, 3.63) is 12.2 Å². The van der Waals surface area contributed by atoms with Gasteiger partial charge in [0.05, 0.1) is 12.7 Å². The van der Waals surface area contributed by atoms with E-state index in [1.165, 1.54) is 96.3 Å². The Balaban J connectivity index is 1.70. The molecular formula is C25H46O. The molecule has 1 nitrogen and oxygen atoms in total. The average Bonchev–Trinajstić information content (AvgIpc) is 2.67. The molecule has 0 heterocycles. The van der Waals surface area contributed by atoms with E-state index >= 15 is 0 Å². The van der Waals surface area contributed by atoms with Crippen molar-refractivity contribution in [2.24, 2.45) is 17.3 Å². The van der Waals surface area contributed by atoms with Gasteiger partial charge in [0.15, 0.2) is 0 Å². The van der Waals surface area contributed by atoms with Crippen molar-refractivity contribution in [3.63, 3.8) is 0 Å². The zero-order valence-electron chi connectivity index (χ0n) is 18.1. The van der Waals surface area contributed by atoms with E-state index in [0.717, 1.165) is 18.4 Å². The summed E-state index contributed by atoms with van der Waals surface area (Å²) in [6, 6.07) is 0. The molecule has 2 saturated carbocycles. The Kier molecular flexibility index (Phi) is 10.3. The maximum absolute atomic E-state index is 6.25. The van der Waals surface area contributed by atoms with Crippen molar-refractivity contribution in [1.29, 1.82) is 0 Å². The molecule has 2 rings (SSSR count). The van der Waals surface area contributed by atoms with Gasteiger partial charge in [-0.1, -0.05) is 90.7 Å². The third-order valence-electron chi connectivity index (χ3n) is 7.38. The quantitative estimate of drug-likeness (QED) is 0.266. The van der Waals surface area contributed by atoms with E-state index in [2.05, 4.69) is 32.9 Å². The molecule has 0 amide bonds. The molecule has 152 valence electrons. The molecule has 1 atom stereocenters. The van der Waals surface area contributed by atoms with E-state index in [1.807, 2.05) is 0 Å². The minimum absolute atomic E-state index is 0.467. The van der Waals surface area contributed by atoms with Crippen LogP contribution in [0.2, 0.25) is 0 Å². The summed E-state index contributed by atoms with van der Waals surface area (Å²) >= 11 is 0. The van der Waals surface area contributed by atoms with Crippen LogP contribution in [0.15, 0.2) is 12.2 Å². The van der Waals surface area contributed by atoms with Gasteiger partial charge in [-0.05, 0) is 55.8 Å². The van der Waals surface area contributed by atoms with Crippen LogP contribution in [0.25, 0.3) is 0 Å². The van der Waals surface area contributed by atoms with Crippen LogP contribution in [-0.2, 0) is 4.74 Å². The summed E-state index contributed by atoms with van der Waals surface area (Å²) in [4.78, 5) is 0. The number of allylic oxidation sites excluding steroid dienone is 1. The van der Waals surface area contributed by atoms with Gasteiger partial charge in [-0.3, -0.25) is 0 Å². The predicted octanol–water partition coefficient (Wildman–Crippen LogP) is 8.09. The highest BCUT2D eigenvalue weighted by Gasteiger charge is 2.34. The van der Waals surface area contributed by atoms with Gasteiger partial charge in [0, 0.05) is 0 Å². The van der Waals surface area contributed by atoms with Crippen molar-refractivity contribution in [2.45, 2.75) is 123 Å². The lowest BCUT2D eigenvalue weighted by molar-refractivity contribution is 0.0326. The molecule has 1 heteroatoms. The maximum atomic E-state index is 6.25. The number of unbranched alkanes of at least 4 members (excludes halogenated alkanes) is 2. The van der Waals surface area contributed by atoms with E-state index in [9.17, 15) is 0 Å². The van der Waals surface area contributed by atoms with Crippen LogP contribution >= 0.6 is 0 Å². The molecule has 2 aliphatic rings. The second kappa shape index (κ2) is 12.2. The van der Waals surface area contributed by atoms with Gasteiger partial charge in [-0.25, -0.2) is 0 Å². The fraction of sp³-hybridized carbons (Fsp3) is 0.920. The lowest BCUT2D eigenvalue weighted by Crippen LogP contribution is -2.29. The largest absolute Gasteiger partial charge is 0.374 e. The van der Waals surface area contributed by atoms with Crippen LogP contribution in [0, 0.1) is 17.3 Å². The van der Waals surface area contributed by atoms with Gasteiger partial charge in [-0.2, -0.15) is 0 Å². The molecule has 2 aliphatic carbocycles. The highest BCUT2D eigenvalue weighted by atomic mass is 16.5. The second-order valence-corrected chi connectivity index (χ2v) is 9.36. The first kappa shape index (κ1) is 22.0. The minimum atomic E-state index is 0.467. The smallest absolute Gasteiger partial charge is 0.0651 e. The van der Waals surface area contributed by atoms with Crippen LogP contribution in [0.4, 0.5) is 0 Å². The highest BCUT2D eigenvalue weighted by Crippen LogP contribution is 2.45. The second-order valence-electron chi connectivity index (χ2n) is 9.36. The first-order chi connectivity index (χ1) is 12.7. The van der Waals surface area contributed by atoms with Crippen molar-refractivity contribution in [1.82, 2.24) is 0 Å². The maximum Gasteiger partial charge on any atom is 0.0651 e. The molecule has 1 unspecified atom stereocenters. The molecule has 0 saturated heterocycles. The van der Waals surface area contributed by atoms with Gasteiger partial charge in [0.1, 0.15) is 0 Å². The predicted molar refractivity (Wildman–Crippen MR) is 115 cm³/mol. The SMILES string of the molecule is CCCCCC1CCC(OC/C=C/C2(C(C)CCC)CCCCC2)CC1. The molecule has 0 aliphatic heterocycles. The molecule has 0 aromatic heterocycles. The molecule has 0 N–H and O–H groups in total. The Morgan fingerprint density at radius 1 is 0.962 bits per heavy atom. The van der Waals surface area contributed by atoms with Gasteiger partial charge in [0.25, 0.3) is 0 Å². The van der Waals surface area contributed by atoms with Crippen LogP contribution < -0.4 is 0 Å². The Labute approximate surface area is 164 Å². The minimum Gasteiger partial charge on any atom is -0.374 e. The van der Waals surface area contributed by atoms with Gasteiger partial charge in [-0.15, -0.1) is 0 Å². The van der Waals surface area contributed by atoms with E-state index in [4.69, 9.17) is 4.74 Å². The van der Waals surface area contributed by atoms with Crippen molar-refractivity contribution in [2.75, 3.05) is 6.61 Å². The highest BCUT2D eigenvalue weighted by molar-refractivity contribution is 5.04. The summed E-state index contributed by atoms with van der Waals surface area (Å²) < 4.78 is 6.25. The number of rotatable bonds is 11. The van der Waals surface area contributed by atoms with Gasteiger partial charge >= 0.3 is 0 Å². The first-order valence-electron chi connectivity index (χ1n) is 12.0. The third-order valence-corrected chi connectivity index (χ3v) is 7.38. The molecule has 0 bridgehead atoms. The Bertz CT molecular complexity index is 372. The molecular weight excluding hydrogens is 316 g/mol. The van der Waals surface area contributed by atoms with Crippen LogP contribution in [0.3, 0.4) is 0 Å². The van der Waals surface area contributed by atoms with E-state index < -0.39 is 0 Å². The van der Waals surface area contributed by atoms with Gasteiger partial charge in [0.2, 0.25) is 0 Å². The van der Waals surface area contributed by atoms with E-state index in [0.29, 0.717) is 11.5 Å².